The Morgan fingerprint density at radius 1 is 0.971 bits per heavy atom. The van der Waals surface area contributed by atoms with Crippen LogP contribution in [0.2, 0.25) is 0 Å². The molecule has 1 aromatic carbocycles. The Hall–Kier alpha value is -5.40. The first kappa shape index (κ1) is 58.9. The van der Waals surface area contributed by atoms with Crippen LogP contribution in [0.4, 0.5) is 15.3 Å². The molecule has 19 heteroatoms. The number of benzene rings is 1. The third-order valence-electron chi connectivity index (χ3n) is 12.6. The second kappa shape index (κ2) is 29.7. The minimum Gasteiger partial charge on any atom is -0.458 e. The van der Waals surface area contributed by atoms with Crippen molar-refractivity contribution in [1.29, 1.82) is 0 Å². The Balaban J connectivity index is 1.55. The molecule has 0 aliphatic carbocycles. The number of urea groups is 1. The zero-order chi connectivity index (χ0) is 52.0. The Bertz CT molecular complexity index is 2060. The number of hydrogen-bond acceptors (Lipinski definition) is 13. The van der Waals surface area contributed by atoms with Crippen LogP contribution < -0.4 is 32.5 Å². The van der Waals surface area contributed by atoms with Gasteiger partial charge in [0.2, 0.25) is 17.7 Å². The van der Waals surface area contributed by atoms with E-state index in [2.05, 4.69) is 45.6 Å². The van der Waals surface area contributed by atoms with Crippen molar-refractivity contribution in [3.63, 3.8) is 0 Å². The maximum atomic E-state index is 13.5. The third-order valence-corrected chi connectivity index (χ3v) is 13.6. The topological polar surface area (TPSA) is 266 Å². The average Bonchev–Trinajstić information content (AvgIpc) is 3.74. The largest absolute Gasteiger partial charge is 0.458 e. The highest BCUT2D eigenvalue weighted by atomic mass is 32.1. The Kier molecular flexibility index (Phi) is 25.0. The summed E-state index contributed by atoms with van der Waals surface area (Å²) in [6.45, 7) is 17.2. The standard InChI is InChI=1S/C51H79N7O11S/c1-10-11-17-42(60)57-45(31(2)3)48(64)56-39(16-13-24-53-49(52)65)47(63)55-37-21-19-36(20-22-37)29-67-50(66)58-68-30-43-54-28-38(70-43)26-34(6)40-23-18-32(4)14-12-15-33(5)25-35(7)46(62)51(8,9)41(59)27-44(61)69-40/h19-22,26,28,31-33,35,39-41,45,59H,10-18,23-25,27,29-30H2,1-9H3,(H,55,63)(H,56,64)(H,57,60)(H,58,66)(H3,52,53,65)/b34-26+/t32-,33-,35+,39-,40?,41-,45-/m0/s1. The number of ether oxygens (including phenoxy) is 2. The lowest BCUT2D eigenvalue weighted by Gasteiger charge is -2.32. The van der Waals surface area contributed by atoms with Gasteiger partial charge in [0.15, 0.2) is 0 Å². The zero-order valence-corrected chi connectivity index (χ0v) is 43.5. The summed E-state index contributed by atoms with van der Waals surface area (Å²) in [6.07, 6.45) is 8.30. The number of Topliss-reactive ketones (excluding diaryl/α,β-unsaturated/α-hetero) is 1. The first-order valence-electron chi connectivity index (χ1n) is 24.7. The van der Waals surface area contributed by atoms with E-state index in [1.165, 1.54) is 11.3 Å². The fourth-order valence-electron chi connectivity index (χ4n) is 8.21. The van der Waals surface area contributed by atoms with Gasteiger partial charge in [-0.25, -0.2) is 14.6 Å². The smallest absolute Gasteiger partial charge is 0.431 e. The molecule has 0 bridgehead atoms. The van der Waals surface area contributed by atoms with Crippen molar-refractivity contribution >= 4 is 64.7 Å². The molecular formula is C51H79N7O11S. The average molecular weight is 998 g/mol. The SMILES string of the molecule is CCCCC(=O)N[C@H](C(=O)N[C@@H](CCCNC(N)=O)C(=O)Nc1ccc(COC(=O)NOCc2ncc(/C=C(\C)C3CC[C@@H](C)CCC[C@H](C)C[C@@H](C)C(=O)C(C)(C)[C@@H](O)CC(=O)O3)s2)cc1)C(C)C. The van der Waals surface area contributed by atoms with Gasteiger partial charge in [-0.1, -0.05) is 93.2 Å². The number of amides is 6. The molecule has 1 aromatic heterocycles. The number of thiazole rings is 1. The molecule has 70 heavy (non-hydrogen) atoms. The summed E-state index contributed by atoms with van der Waals surface area (Å²) in [7, 11) is 0. The number of carbonyl (C=O) groups excluding carboxylic acids is 7. The van der Waals surface area contributed by atoms with E-state index in [4.69, 9.17) is 20.0 Å². The summed E-state index contributed by atoms with van der Waals surface area (Å²) in [6, 6.07) is 3.98. The van der Waals surface area contributed by atoms with Crippen LogP contribution in [-0.4, -0.2) is 82.5 Å². The minimum absolute atomic E-state index is 0.0462. The molecule has 0 saturated carbocycles. The highest BCUT2D eigenvalue weighted by Gasteiger charge is 2.40. The maximum absolute atomic E-state index is 13.5. The summed E-state index contributed by atoms with van der Waals surface area (Å²) in [5.74, 6) is -1.58. The number of anilines is 1. The molecule has 6 amide bonds. The Morgan fingerprint density at radius 3 is 2.34 bits per heavy atom. The van der Waals surface area contributed by atoms with Crippen LogP contribution in [0.1, 0.15) is 155 Å². The molecule has 3 rings (SSSR count). The summed E-state index contributed by atoms with van der Waals surface area (Å²) in [4.78, 5) is 100. The van der Waals surface area contributed by atoms with Crippen molar-refractivity contribution in [2.24, 2.45) is 34.8 Å². The van der Waals surface area contributed by atoms with E-state index in [0.717, 1.165) is 49.0 Å². The molecule has 7 atom stereocenters. The Labute approximate surface area is 417 Å². The monoisotopic (exact) mass is 998 g/mol. The molecule has 1 fully saturated rings. The van der Waals surface area contributed by atoms with E-state index in [9.17, 15) is 38.7 Å². The number of cyclic esters (lactones) is 1. The molecule has 2 aromatic rings. The summed E-state index contributed by atoms with van der Waals surface area (Å²) in [5.41, 5.74) is 8.15. The highest BCUT2D eigenvalue weighted by molar-refractivity contribution is 7.12. The van der Waals surface area contributed by atoms with Crippen molar-refractivity contribution in [2.45, 2.75) is 177 Å². The van der Waals surface area contributed by atoms with Crippen molar-refractivity contribution in [3.8, 4) is 0 Å². The lowest BCUT2D eigenvalue weighted by Crippen LogP contribution is -2.54. The number of hydroxylamine groups is 1. The Morgan fingerprint density at radius 2 is 1.67 bits per heavy atom. The summed E-state index contributed by atoms with van der Waals surface area (Å²) in [5, 5.41) is 22.5. The minimum atomic E-state index is -1.19. The van der Waals surface area contributed by atoms with Crippen LogP contribution in [-0.2, 0) is 51.5 Å². The van der Waals surface area contributed by atoms with Crippen LogP contribution in [0.15, 0.2) is 36.0 Å². The van der Waals surface area contributed by atoms with E-state index in [-0.39, 0.29) is 62.5 Å². The number of ketones is 1. The molecule has 1 saturated heterocycles. The van der Waals surface area contributed by atoms with Gasteiger partial charge in [-0.2, -0.15) is 5.48 Å². The number of esters is 1. The number of carbonyl (C=O) groups is 7. The quantitative estimate of drug-likeness (QED) is 0.0384. The number of aromatic nitrogens is 1. The van der Waals surface area contributed by atoms with Gasteiger partial charge in [0.25, 0.3) is 0 Å². The number of hydrogen-bond donors (Lipinski definition) is 7. The molecule has 390 valence electrons. The van der Waals surface area contributed by atoms with Crippen LogP contribution in [0.25, 0.3) is 6.08 Å². The number of unbranched alkanes of at least 4 members (excludes halogenated alkanes) is 1. The van der Waals surface area contributed by atoms with Gasteiger partial charge in [-0.15, -0.1) is 11.3 Å². The summed E-state index contributed by atoms with van der Waals surface area (Å²) >= 11 is 1.34. The second-order valence-corrected chi connectivity index (χ2v) is 20.9. The van der Waals surface area contributed by atoms with Gasteiger partial charge in [-0.05, 0) is 92.5 Å². The lowest BCUT2D eigenvalue weighted by molar-refractivity contribution is -0.154. The van der Waals surface area contributed by atoms with Crippen molar-refractivity contribution < 1.29 is 53.0 Å². The van der Waals surface area contributed by atoms with Gasteiger partial charge < -0.3 is 41.6 Å². The normalized spacial score (nSPS) is 21.4. The van der Waals surface area contributed by atoms with E-state index in [0.29, 0.717) is 47.4 Å². The lowest BCUT2D eigenvalue weighted by atomic mass is 9.74. The molecular weight excluding hydrogens is 919 g/mol. The number of nitrogens with one attached hydrogen (secondary N) is 5. The number of rotatable bonds is 20. The highest BCUT2D eigenvalue weighted by Crippen LogP contribution is 2.33. The van der Waals surface area contributed by atoms with Crippen LogP contribution in [0.3, 0.4) is 0 Å². The molecule has 18 nitrogen and oxygen atoms in total. The first-order chi connectivity index (χ1) is 33.1. The molecule has 2 heterocycles. The molecule has 1 aliphatic rings. The van der Waals surface area contributed by atoms with Crippen LogP contribution in [0, 0.1) is 29.1 Å². The van der Waals surface area contributed by atoms with E-state index >= 15 is 0 Å². The van der Waals surface area contributed by atoms with E-state index < -0.39 is 59.6 Å². The van der Waals surface area contributed by atoms with Gasteiger partial charge in [0.1, 0.15) is 42.2 Å². The number of nitrogens with zero attached hydrogens (tertiary/aromatic N) is 1. The number of primary amides is 1. The van der Waals surface area contributed by atoms with Crippen LogP contribution in [0.5, 0.6) is 0 Å². The van der Waals surface area contributed by atoms with Gasteiger partial charge >= 0.3 is 18.1 Å². The second-order valence-electron chi connectivity index (χ2n) is 19.7. The maximum Gasteiger partial charge on any atom is 0.431 e. The van der Waals surface area contributed by atoms with Gasteiger partial charge in [0.05, 0.1) is 17.9 Å². The molecule has 0 spiro atoms. The van der Waals surface area contributed by atoms with Gasteiger partial charge in [-0.3, -0.25) is 28.8 Å². The molecule has 0 radical (unpaired) electrons. The van der Waals surface area contributed by atoms with Crippen molar-refractivity contribution in [1.82, 2.24) is 26.4 Å². The molecule has 1 aliphatic heterocycles. The number of aliphatic hydroxyl groups is 1. The summed E-state index contributed by atoms with van der Waals surface area (Å²) < 4.78 is 11.3. The predicted octanol–water partition coefficient (Wildman–Crippen LogP) is 7.63. The van der Waals surface area contributed by atoms with E-state index in [1.807, 2.05) is 26.8 Å². The molecule has 1 unspecified atom stereocenters. The van der Waals surface area contributed by atoms with Crippen LogP contribution >= 0.6 is 11.3 Å². The third kappa shape index (κ3) is 20.9. The fourth-order valence-corrected chi connectivity index (χ4v) is 9.06. The molecule has 8 N–H and O–H groups in total. The first-order valence-corrected chi connectivity index (χ1v) is 25.5. The predicted molar refractivity (Wildman–Crippen MR) is 268 cm³/mol. The fraction of sp³-hybridized carbons (Fsp3) is 0.647. The van der Waals surface area contributed by atoms with E-state index in [1.54, 1.807) is 58.2 Å². The van der Waals surface area contributed by atoms with Crippen molar-refractivity contribution in [2.75, 3.05) is 11.9 Å². The van der Waals surface area contributed by atoms with Gasteiger partial charge in [0, 0.05) is 35.6 Å². The van der Waals surface area contributed by atoms with Crippen molar-refractivity contribution in [3.05, 3.63) is 51.5 Å². The number of nitrogens with two attached hydrogens (primary N) is 1. The zero-order valence-electron chi connectivity index (χ0n) is 42.7. The number of aliphatic hydroxyl groups excluding tert-OH is 1.